The fourth-order valence-corrected chi connectivity index (χ4v) is 3.52. The Kier molecular flexibility index (Phi) is 2.45. The number of phenols is 1. The van der Waals surface area contributed by atoms with Gasteiger partial charge in [0, 0.05) is 17.2 Å². The van der Waals surface area contributed by atoms with Crippen molar-refractivity contribution in [2.45, 2.75) is 45.6 Å². The molecule has 0 amide bonds. The maximum atomic E-state index is 10.0. The molecule has 0 radical (unpaired) electrons. The van der Waals surface area contributed by atoms with Crippen LogP contribution in [-0.4, -0.2) is 5.11 Å². The SMILES string of the molecule is Cc1cc2c(cc1C)C1(CCC1)Oc1cc(O)c(C)cc1-2. The van der Waals surface area contributed by atoms with Crippen molar-refractivity contribution >= 4 is 0 Å². The van der Waals surface area contributed by atoms with Gasteiger partial charge in [0.25, 0.3) is 0 Å². The van der Waals surface area contributed by atoms with Crippen molar-refractivity contribution in [1.29, 1.82) is 0 Å². The molecule has 4 rings (SSSR count). The van der Waals surface area contributed by atoms with E-state index in [1.165, 1.54) is 28.7 Å². The Labute approximate surface area is 125 Å². The first-order valence-electron chi connectivity index (χ1n) is 7.65. The quantitative estimate of drug-likeness (QED) is 0.754. The van der Waals surface area contributed by atoms with Crippen LogP contribution in [0, 0.1) is 20.8 Å². The van der Waals surface area contributed by atoms with E-state index in [1.54, 1.807) is 6.07 Å². The molecule has 0 bridgehead atoms. The number of hydrogen-bond donors (Lipinski definition) is 1. The van der Waals surface area contributed by atoms with E-state index >= 15 is 0 Å². The van der Waals surface area contributed by atoms with Gasteiger partial charge >= 0.3 is 0 Å². The molecule has 1 heterocycles. The lowest BCUT2D eigenvalue weighted by atomic mass is 9.70. The minimum atomic E-state index is -0.164. The van der Waals surface area contributed by atoms with Crippen molar-refractivity contribution in [2.75, 3.05) is 0 Å². The molecule has 2 aromatic carbocycles. The summed E-state index contributed by atoms with van der Waals surface area (Å²) in [5, 5.41) is 10.0. The largest absolute Gasteiger partial charge is 0.508 e. The van der Waals surface area contributed by atoms with Crippen LogP contribution in [-0.2, 0) is 5.60 Å². The van der Waals surface area contributed by atoms with Crippen LogP contribution < -0.4 is 4.74 Å². The smallest absolute Gasteiger partial charge is 0.135 e. The van der Waals surface area contributed by atoms with Crippen LogP contribution in [0.5, 0.6) is 11.5 Å². The van der Waals surface area contributed by atoms with Gasteiger partial charge in [0.15, 0.2) is 0 Å². The molecule has 1 aliphatic heterocycles. The highest BCUT2D eigenvalue weighted by molar-refractivity contribution is 5.79. The van der Waals surface area contributed by atoms with Crippen molar-refractivity contribution in [1.82, 2.24) is 0 Å². The molecule has 1 spiro atoms. The molecular formula is C19H20O2. The number of phenolic OH excluding ortho intramolecular Hbond substituents is 1. The van der Waals surface area contributed by atoms with E-state index in [0.717, 1.165) is 29.7 Å². The lowest BCUT2D eigenvalue weighted by Gasteiger charge is -2.46. The number of hydrogen-bond acceptors (Lipinski definition) is 2. The third-order valence-corrected chi connectivity index (χ3v) is 5.18. The lowest BCUT2D eigenvalue weighted by Crippen LogP contribution is -2.42. The highest BCUT2D eigenvalue weighted by atomic mass is 16.5. The van der Waals surface area contributed by atoms with E-state index in [9.17, 15) is 5.11 Å². The number of aromatic hydroxyl groups is 1. The zero-order valence-corrected chi connectivity index (χ0v) is 12.8. The average molecular weight is 280 g/mol. The number of benzene rings is 2. The van der Waals surface area contributed by atoms with E-state index in [4.69, 9.17) is 4.74 Å². The molecule has 1 saturated carbocycles. The molecule has 1 N–H and O–H groups in total. The number of rotatable bonds is 0. The predicted octanol–water partition coefficient (Wildman–Crippen LogP) is 4.76. The normalized spacial score (nSPS) is 17.7. The molecule has 0 unspecified atom stereocenters. The van der Waals surface area contributed by atoms with Gasteiger partial charge in [0.05, 0.1) is 0 Å². The summed E-state index contributed by atoms with van der Waals surface area (Å²) in [6.45, 7) is 6.26. The Balaban J connectivity index is 2.03. The van der Waals surface area contributed by atoms with Crippen molar-refractivity contribution in [3.8, 4) is 22.6 Å². The lowest BCUT2D eigenvalue weighted by molar-refractivity contribution is -0.0145. The second kappa shape index (κ2) is 4.03. The Morgan fingerprint density at radius 3 is 2.24 bits per heavy atom. The summed E-state index contributed by atoms with van der Waals surface area (Å²) in [5.41, 5.74) is 7.08. The van der Waals surface area contributed by atoms with Crippen molar-refractivity contribution in [2.24, 2.45) is 0 Å². The van der Waals surface area contributed by atoms with E-state index in [2.05, 4.69) is 26.0 Å². The topological polar surface area (TPSA) is 29.5 Å². The zero-order chi connectivity index (χ0) is 14.8. The first-order valence-corrected chi connectivity index (χ1v) is 7.65. The number of ether oxygens (including phenoxy) is 1. The second-order valence-electron chi connectivity index (χ2n) is 6.57. The number of fused-ring (bicyclic) bond motifs is 4. The molecule has 108 valence electrons. The van der Waals surface area contributed by atoms with Gasteiger partial charge in [0.1, 0.15) is 17.1 Å². The van der Waals surface area contributed by atoms with Crippen LogP contribution in [0.1, 0.15) is 41.5 Å². The van der Waals surface area contributed by atoms with Crippen LogP contribution in [0.4, 0.5) is 0 Å². The summed E-state index contributed by atoms with van der Waals surface area (Å²) in [7, 11) is 0. The minimum absolute atomic E-state index is 0.164. The molecule has 1 aliphatic carbocycles. The summed E-state index contributed by atoms with van der Waals surface area (Å²) in [6, 6.07) is 8.41. The molecular weight excluding hydrogens is 260 g/mol. The van der Waals surface area contributed by atoms with Crippen LogP contribution in [0.2, 0.25) is 0 Å². The van der Waals surface area contributed by atoms with E-state index < -0.39 is 0 Å². The van der Waals surface area contributed by atoms with Gasteiger partial charge in [-0.1, -0.05) is 12.1 Å². The molecule has 0 saturated heterocycles. The molecule has 2 aromatic rings. The third kappa shape index (κ3) is 1.65. The Bertz CT molecular complexity index is 755. The summed E-state index contributed by atoms with van der Waals surface area (Å²) in [5.74, 6) is 1.14. The van der Waals surface area contributed by atoms with Gasteiger partial charge < -0.3 is 9.84 Å². The van der Waals surface area contributed by atoms with Crippen molar-refractivity contribution < 1.29 is 9.84 Å². The van der Waals surface area contributed by atoms with Gasteiger partial charge in [-0.15, -0.1) is 0 Å². The van der Waals surface area contributed by atoms with Gasteiger partial charge in [0.2, 0.25) is 0 Å². The van der Waals surface area contributed by atoms with Gasteiger partial charge in [-0.3, -0.25) is 0 Å². The number of aryl methyl sites for hydroxylation is 3. The summed E-state index contributed by atoms with van der Waals surface area (Å²) in [6.07, 6.45) is 3.34. The molecule has 2 heteroatoms. The fraction of sp³-hybridized carbons (Fsp3) is 0.368. The maximum absolute atomic E-state index is 10.0. The molecule has 1 fully saturated rings. The second-order valence-corrected chi connectivity index (χ2v) is 6.57. The molecule has 2 aliphatic rings. The molecule has 0 atom stereocenters. The van der Waals surface area contributed by atoms with Gasteiger partial charge in [-0.2, -0.15) is 0 Å². The van der Waals surface area contributed by atoms with Crippen LogP contribution in [0.3, 0.4) is 0 Å². The predicted molar refractivity (Wildman–Crippen MR) is 83.9 cm³/mol. The minimum Gasteiger partial charge on any atom is -0.508 e. The zero-order valence-electron chi connectivity index (χ0n) is 12.8. The Morgan fingerprint density at radius 2 is 1.57 bits per heavy atom. The molecule has 2 nitrogen and oxygen atoms in total. The fourth-order valence-electron chi connectivity index (χ4n) is 3.52. The Morgan fingerprint density at radius 1 is 0.905 bits per heavy atom. The highest BCUT2D eigenvalue weighted by Gasteiger charge is 2.46. The van der Waals surface area contributed by atoms with Crippen molar-refractivity contribution in [3.63, 3.8) is 0 Å². The third-order valence-electron chi connectivity index (χ3n) is 5.18. The Hall–Kier alpha value is -1.96. The maximum Gasteiger partial charge on any atom is 0.135 e. The van der Waals surface area contributed by atoms with E-state index in [0.29, 0.717) is 5.75 Å². The van der Waals surface area contributed by atoms with E-state index in [-0.39, 0.29) is 5.60 Å². The first kappa shape index (κ1) is 12.8. The summed E-state index contributed by atoms with van der Waals surface area (Å²) < 4.78 is 6.35. The monoisotopic (exact) mass is 280 g/mol. The standard InChI is InChI=1S/C19H20O2/c1-11-7-14-15-8-13(3)17(20)10-18(15)21-19(5-4-6-19)16(14)9-12(11)2/h7-10,20H,4-6H2,1-3H3. The van der Waals surface area contributed by atoms with Gasteiger partial charge in [-0.25, -0.2) is 0 Å². The van der Waals surface area contributed by atoms with Crippen LogP contribution in [0.15, 0.2) is 24.3 Å². The van der Waals surface area contributed by atoms with E-state index in [1.807, 2.05) is 13.0 Å². The highest BCUT2D eigenvalue weighted by Crippen LogP contribution is 2.55. The molecule has 0 aromatic heterocycles. The van der Waals surface area contributed by atoms with Gasteiger partial charge in [-0.05, 0) is 68.4 Å². The first-order chi connectivity index (χ1) is 10.00. The molecule has 21 heavy (non-hydrogen) atoms. The summed E-state index contributed by atoms with van der Waals surface area (Å²) in [4.78, 5) is 0. The summed E-state index contributed by atoms with van der Waals surface area (Å²) >= 11 is 0. The van der Waals surface area contributed by atoms with Crippen LogP contribution in [0.25, 0.3) is 11.1 Å². The average Bonchev–Trinajstić information content (AvgIpc) is 2.40. The van der Waals surface area contributed by atoms with Crippen LogP contribution >= 0.6 is 0 Å². The van der Waals surface area contributed by atoms with Crippen molar-refractivity contribution in [3.05, 3.63) is 46.5 Å².